The molecule has 0 amide bonds. The Balaban J connectivity index is 1.23. The number of halogens is 6. The second kappa shape index (κ2) is 9.62. The van der Waals surface area contributed by atoms with Gasteiger partial charge in [-0.3, -0.25) is 0 Å². The van der Waals surface area contributed by atoms with Crippen LogP contribution < -0.4 is 0 Å². The van der Waals surface area contributed by atoms with Crippen LogP contribution in [-0.4, -0.2) is 10.5 Å². The molecular weight excluding hydrogens is 668 g/mol. The van der Waals surface area contributed by atoms with Crippen molar-refractivity contribution in [1.29, 1.82) is 0 Å². The standard InChI is InChI=1S/C45H23F6N/c46-43(47)41-32-18-15-28(27-11-4-10-26(21-27)24-7-2-1-3-8-24)22-34(32)35-23-29(17-19-33(35)42(41)44(48,49)45(43,50)51)52-36-14-6-13-31-30-12-5-9-25-16-20-37(52)40(38(25)30)39(31)36/h1-23H. The van der Waals surface area contributed by atoms with Crippen LogP contribution in [0.5, 0.6) is 0 Å². The first-order valence-electron chi connectivity index (χ1n) is 16.9. The van der Waals surface area contributed by atoms with Crippen molar-refractivity contribution in [2.24, 2.45) is 0 Å². The van der Waals surface area contributed by atoms with Gasteiger partial charge in [0.15, 0.2) is 0 Å². The lowest BCUT2D eigenvalue weighted by molar-refractivity contribution is -0.301. The molecule has 0 atom stereocenters. The molecule has 0 N–H and O–H groups in total. The fourth-order valence-electron chi connectivity index (χ4n) is 8.87. The third-order valence-corrected chi connectivity index (χ3v) is 11.2. The van der Waals surface area contributed by atoms with Gasteiger partial charge in [0.2, 0.25) is 0 Å². The van der Waals surface area contributed by atoms with Gasteiger partial charge in [-0.1, -0.05) is 103 Å². The molecule has 0 saturated carbocycles. The van der Waals surface area contributed by atoms with Crippen molar-refractivity contribution < 1.29 is 26.3 Å². The van der Waals surface area contributed by atoms with Crippen LogP contribution in [0.2, 0.25) is 0 Å². The maximum atomic E-state index is 15.7. The number of hydrogen-bond donors (Lipinski definition) is 0. The van der Waals surface area contributed by atoms with Crippen LogP contribution in [0.15, 0.2) is 140 Å². The summed E-state index contributed by atoms with van der Waals surface area (Å²) in [5.74, 6) is -15.8. The molecular formula is C45H23F6N. The summed E-state index contributed by atoms with van der Waals surface area (Å²) < 4.78 is 95.2. The van der Waals surface area contributed by atoms with E-state index in [1.165, 1.54) is 18.2 Å². The van der Waals surface area contributed by atoms with Gasteiger partial charge < -0.3 is 4.57 Å². The van der Waals surface area contributed by atoms with E-state index in [0.717, 1.165) is 60.4 Å². The minimum Gasteiger partial charge on any atom is -0.309 e. The van der Waals surface area contributed by atoms with Gasteiger partial charge in [0, 0.05) is 27.6 Å². The predicted molar refractivity (Wildman–Crippen MR) is 196 cm³/mol. The molecule has 11 rings (SSSR count). The Morgan fingerprint density at radius 3 is 1.71 bits per heavy atom. The Bertz CT molecular complexity index is 3050. The molecule has 0 spiro atoms. The summed E-state index contributed by atoms with van der Waals surface area (Å²) in [6, 6.07) is 42.7. The summed E-state index contributed by atoms with van der Waals surface area (Å²) in [5.41, 5.74) is 5.26. The third-order valence-electron chi connectivity index (χ3n) is 11.2. The molecule has 9 aromatic rings. The average molecular weight is 692 g/mol. The zero-order chi connectivity index (χ0) is 35.3. The molecule has 0 radical (unpaired) electrons. The fourth-order valence-corrected chi connectivity index (χ4v) is 8.87. The van der Waals surface area contributed by atoms with Crippen molar-refractivity contribution in [3.05, 3.63) is 151 Å². The number of fused-ring (bicyclic) bond motifs is 7. The number of hydrogen-bond acceptors (Lipinski definition) is 0. The summed E-state index contributed by atoms with van der Waals surface area (Å²) in [7, 11) is 0. The number of rotatable bonds is 3. The van der Waals surface area contributed by atoms with E-state index in [1.54, 1.807) is 18.2 Å². The Morgan fingerprint density at radius 2 is 0.962 bits per heavy atom. The van der Waals surface area contributed by atoms with E-state index < -0.39 is 28.9 Å². The molecule has 0 unspecified atom stereocenters. The lowest BCUT2D eigenvalue weighted by Crippen LogP contribution is -2.43. The minimum absolute atomic E-state index is 0.185. The number of nitrogens with zero attached hydrogens (tertiary/aromatic N) is 1. The molecule has 1 nitrogen and oxygen atoms in total. The summed E-state index contributed by atoms with van der Waals surface area (Å²) >= 11 is 0. The maximum Gasteiger partial charge on any atom is 0.380 e. The van der Waals surface area contributed by atoms with Gasteiger partial charge in [-0.25, -0.2) is 0 Å². The Kier molecular flexibility index (Phi) is 5.48. The highest BCUT2D eigenvalue weighted by Gasteiger charge is 2.80. The van der Waals surface area contributed by atoms with Crippen LogP contribution in [0.1, 0.15) is 11.1 Å². The second-order valence-electron chi connectivity index (χ2n) is 13.8. The van der Waals surface area contributed by atoms with Gasteiger partial charge >= 0.3 is 17.8 Å². The van der Waals surface area contributed by atoms with E-state index >= 15 is 26.3 Å². The number of alkyl halides is 6. The monoisotopic (exact) mass is 691 g/mol. The van der Waals surface area contributed by atoms with Gasteiger partial charge in [-0.05, 0) is 102 Å². The van der Waals surface area contributed by atoms with E-state index in [2.05, 4.69) is 18.2 Å². The van der Waals surface area contributed by atoms with E-state index in [1.807, 2.05) is 89.5 Å². The Hall–Kier alpha value is -6.08. The van der Waals surface area contributed by atoms with Crippen LogP contribution in [0.4, 0.5) is 26.3 Å². The normalized spacial score (nSPS) is 16.3. The highest BCUT2D eigenvalue weighted by molar-refractivity contribution is 6.33. The van der Waals surface area contributed by atoms with Crippen LogP contribution in [0.25, 0.3) is 93.2 Å². The molecule has 0 bridgehead atoms. The SMILES string of the molecule is FC1(F)c2c(c3ccc(-n4c5cccc6c5c5c7c-6cccc7ccc54)cc3c3cc(-c4cccc(-c5ccccc5)c4)ccc23)C(F)(F)C1(F)F. The molecule has 0 saturated heterocycles. The largest absolute Gasteiger partial charge is 0.380 e. The third kappa shape index (κ3) is 3.46. The molecule has 2 aliphatic rings. The van der Waals surface area contributed by atoms with E-state index in [0.29, 0.717) is 11.3 Å². The molecule has 1 aromatic heterocycles. The van der Waals surface area contributed by atoms with Crippen molar-refractivity contribution in [3.63, 3.8) is 0 Å². The van der Waals surface area contributed by atoms with Gasteiger partial charge in [0.25, 0.3) is 0 Å². The number of aromatic nitrogens is 1. The summed E-state index contributed by atoms with van der Waals surface area (Å²) in [4.78, 5) is 0. The Labute approximate surface area is 292 Å². The Morgan fingerprint density at radius 1 is 0.385 bits per heavy atom. The molecule has 0 aliphatic heterocycles. The van der Waals surface area contributed by atoms with Crippen molar-refractivity contribution in [2.45, 2.75) is 17.8 Å². The molecule has 7 heteroatoms. The zero-order valence-corrected chi connectivity index (χ0v) is 27.0. The predicted octanol–water partition coefficient (Wildman–Crippen LogP) is 13.4. The van der Waals surface area contributed by atoms with E-state index in [9.17, 15) is 0 Å². The molecule has 0 fully saturated rings. The molecule has 1 heterocycles. The second-order valence-corrected chi connectivity index (χ2v) is 13.8. The summed E-state index contributed by atoms with van der Waals surface area (Å²) in [6.07, 6.45) is 0. The van der Waals surface area contributed by atoms with Crippen molar-refractivity contribution in [1.82, 2.24) is 4.57 Å². The molecule has 2 aliphatic carbocycles. The smallest absolute Gasteiger partial charge is 0.309 e. The summed E-state index contributed by atoms with van der Waals surface area (Å²) in [5, 5.41) is 4.07. The molecule has 52 heavy (non-hydrogen) atoms. The van der Waals surface area contributed by atoms with Gasteiger partial charge in [-0.2, -0.15) is 26.3 Å². The first-order chi connectivity index (χ1) is 25.1. The first-order valence-corrected chi connectivity index (χ1v) is 16.9. The van der Waals surface area contributed by atoms with Gasteiger partial charge in [0.05, 0.1) is 11.0 Å². The number of benzene rings is 8. The lowest BCUT2D eigenvalue weighted by atomic mass is 9.89. The van der Waals surface area contributed by atoms with Crippen molar-refractivity contribution in [2.75, 3.05) is 0 Å². The van der Waals surface area contributed by atoms with Gasteiger partial charge in [0.1, 0.15) is 0 Å². The van der Waals surface area contributed by atoms with Crippen LogP contribution >= 0.6 is 0 Å². The topological polar surface area (TPSA) is 4.93 Å². The highest BCUT2D eigenvalue weighted by atomic mass is 19.3. The van der Waals surface area contributed by atoms with Crippen molar-refractivity contribution >= 4 is 54.1 Å². The highest BCUT2D eigenvalue weighted by Crippen LogP contribution is 2.66. The fraction of sp³-hybridized carbons (Fsp3) is 0.0667. The molecule has 8 aromatic carbocycles. The first kappa shape index (κ1) is 29.6. The minimum atomic E-state index is -5.62. The van der Waals surface area contributed by atoms with Crippen LogP contribution in [0.3, 0.4) is 0 Å². The van der Waals surface area contributed by atoms with Gasteiger partial charge in [-0.15, -0.1) is 0 Å². The lowest BCUT2D eigenvalue weighted by Gasteiger charge is -2.23. The van der Waals surface area contributed by atoms with Crippen LogP contribution in [0, 0.1) is 0 Å². The summed E-state index contributed by atoms with van der Waals surface area (Å²) in [6.45, 7) is 0. The van der Waals surface area contributed by atoms with E-state index in [4.69, 9.17) is 0 Å². The maximum absolute atomic E-state index is 15.7. The average Bonchev–Trinajstić information content (AvgIpc) is 3.73. The van der Waals surface area contributed by atoms with Crippen molar-refractivity contribution in [3.8, 4) is 39.1 Å². The van der Waals surface area contributed by atoms with E-state index in [-0.39, 0.29) is 21.5 Å². The molecule has 250 valence electrons. The van der Waals surface area contributed by atoms with Crippen LogP contribution in [-0.2, 0) is 11.8 Å². The zero-order valence-electron chi connectivity index (χ0n) is 27.0. The quantitative estimate of drug-likeness (QED) is 0.128.